The van der Waals surface area contributed by atoms with Crippen LogP contribution in [0, 0.1) is 17.1 Å². The van der Waals surface area contributed by atoms with Gasteiger partial charge >= 0.3 is 5.97 Å². The van der Waals surface area contributed by atoms with Gasteiger partial charge in [-0.25, -0.2) is 14.2 Å². The summed E-state index contributed by atoms with van der Waals surface area (Å²) in [5, 5.41) is 9.38. The summed E-state index contributed by atoms with van der Waals surface area (Å²) in [5.74, 6) is -0.0228. The van der Waals surface area contributed by atoms with E-state index < -0.39 is 17.8 Å². The SMILES string of the molecule is CCOC(=O)C1=C(C)N=c2s/c(=C\c3ccc(OCc4ccccc4C#N)c(OCC)c3)c(=O)n2[C@@H]1c1ccc(F)cc1. The zero-order valence-electron chi connectivity index (χ0n) is 23.8. The van der Waals surface area contributed by atoms with Gasteiger partial charge in [0.25, 0.3) is 5.56 Å². The van der Waals surface area contributed by atoms with Crippen LogP contribution < -0.4 is 24.4 Å². The number of hydrogen-bond acceptors (Lipinski definition) is 8. The first-order valence-corrected chi connectivity index (χ1v) is 14.5. The van der Waals surface area contributed by atoms with Gasteiger partial charge in [-0.05, 0) is 68.3 Å². The quantitative estimate of drug-likeness (QED) is 0.257. The van der Waals surface area contributed by atoms with Crippen LogP contribution >= 0.6 is 11.3 Å². The number of allylic oxidation sites excluding steroid dienone is 1. The number of halogens is 1. The molecule has 0 amide bonds. The second-order valence-electron chi connectivity index (χ2n) is 9.55. The highest BCUT2D eigenvalue weighted by molar-refractivity contribution is 7.07. The van der Waals surface area contributed by atoms with Crippen molar-refractivity contribution in [2.24, 2.45) is 4.99 Å². The van der Waals surface area contributed by atoms with Crippen molar-refractivity contribution in [3.8, 4) is 17.6 Å². The topological polar surface area (TPSA) is 103 Å². The molecular weight excluding hydrogens is 569 g/mol. The second kappa shape index (κ2) is 12.9. The van der Waals surface area contributed by atoms with Crippen LogP contribution in [0.2, 0.25) is 0 Å². The number of carbonyl (C=O) groups is 1. The minimum Gasteiger partial charge on any atom is -0.490 e. The molecule has 0 bridgehead atoms. The minimum absolute atomic E-state index is 0.156. The number of thiazole rings is 1. The third kappa shape index (κ3) is 6.12. The lowest BCUT2D eigenvalue weighted by Crippen LogP contribution is -2.39. The van der Waals surface area contributed by atoms with Gasteiger partial charge in [-0.15, -0.1) is 0 Å². The Morgan fingerprint density at radius 1 is 1.07 bits per heavy atom. The number of benzene rings is 3. The summed E-state index contributed by atoms with van der Waals surface area (Å²) < 4.78 is 32.8. The highest BCUT2D eigenvalue weighted by atomic mass is 32.1. The maximum absolute atomic E-state index is 13.8. The highest BCUT2D eigenvalue weighted by Crippen LogP contribution is 2.32. The third-order valence-corrected chi connectivity index (χ3v) is 7.77. The summed E-state index contributed by atoms with van der Waals surface area (Å²) in [6.45, 7) is 5.99. The van der Waals surface area contributed by atoms with Gasteiger partial charge in [0.2, 0.25) is 0 Å². The Labute approximate surface area is 251 Å². The van der Waals surface area contributed by atoms with Crippen LogP contribution in [0.1, 0.15) is 49.1 Å². The zero-order chi connectivity index (χ0) is 30.5. The Hall–Kier alpha value is -5.01. The largest absolute Gasteiger partial charge is 0.490 e. The first kappa shape index (κ1) is 29.5. The van der Waals surface area contributed by atoms with Crippen LogP contribution in [0.5, 0.6) is 11.5 Å². The Bertz CT molecular complexity index is 1940. The molecular formula is C33H28FN3O5S. The summed E-state index contributed by atoms with van der Waals surface area (Å²) in [7, 11) is 0. The molecule has 8 nitrogen and oxygen atoms in total. The smallest absolute Gasteiger partial charge is 0.338 e. The molecule has 0 saturated heterocycles. The predicted molar refractivity (Wildman–Crippen MR) is 160 cm³/mol. The molecule has 1 aliphatic rings. The fraction of sp³-hybridized carbons (Fsp3) is 0.212. The van der Waals surface area contributed by atoms with Gasteiger partial charge in [-0.3, -0.25) is 9.36 Å². The molecule has 0 fully saturated rings. The lowest BCUT2D eigenvalue weighted by Gasteiger charge is -2.24. The minimum atomic E-state index is -0.830. The fourth-order valence-corrected chi connectivity index (χ4v) is 5.86. The van der Waals surface area contributed by atoms with Crippen molar-refractivity contribution in [3.63, 3.8) is 0 Å². The van der Waals surface area contributed by atoms with Crippen molar-refractivity contribution in [3.05, 3.63) is 126 Å². The number of ether oxygens (including phenoxy) is 3. The number of fused-ring (bicyclic) bond motifs is 1. The summed E-state index contributed by atoms with van der Waals surface area (Å²) in [6.07, 6.45) is 1.73. The van der Waals surface area contributed by atoms with Crippen molar-refractivity contribution in [2.75, 3.05) is 13.2 Å². The van der Waals surface area contributed by atoms with Crippen molar-refractivity contribution >= 4 is 23.4 Å². The molecule has 0 N–H and O–H groups in total. The fourth-order valence-electron chi connectivity index (χ4n) is 4.82. The molecule has 3 aromatic carbocycles. The third-order valence-electron chi connectivity index (χ3n) is 6.79. The van der Waals surface area contributed by atoms with E-state index in [1.165, 1.54) is 28.0 Å². The van der Waals surface area contributed by atoms with E-state index in [1.54, 1.807) is 62.4 Å². The average Bonchev–Trinajstić information content (AvgIpc) is 3.30. The molecule has 1 aliphatic heterocycles. The van der Waals surface area contributed by atoms with E-state index in [1.807, 2.05) is 19.1 Å². The molecule has 0 radical (unpaired) electrons. The van der Waals surface area contributed by atoms with Gasteiger partial charge in [0.15, 0.2) is 16.3 Å². The Balaban J connectivity index is 1.55. The van der Waals surface area contributed by atoms with Crippen molar-refractivity contribution in [1.82, 2.24) is 4.57 Å². The molecule has 0 spiro atoms. The number of carbonyl (C=O) groups excluding carboxylic acids is 1. The molecule has 0 saturated carbocycles. The molecule has 1 atom stereocenters. The highest BCUT2D eigenvalue weighted by Gasteiger charge is 2.33. The van der Waals surface area contributed by atoms with E-state index in [0.29, 0.717) is 49.8 Å². The van der Waals surface area contributed by atoms with E-state index >= 15 is 0 Å². The number of hydrogen-bond donors (Lipinski definition) is 0. The molecule has 2 heterocycles. The first-order chi connectivity index (χ1) is 20.8. The average molecular weight is 598 g/mol. The van der Waals surface area contributed by atoms with Gasteiger partial charge in [0.1, 0.15) is 12.4 Å². The molecule has 1 aromatic heterocycles. The Morgan fingerprint density at radius 3 is 2.56 bits per heavy atom. The molecule has 0 unspecified atom stereocenters. The van der Waals surface area contributed by atoms with Crippen LogP contribution in [0.15, 0.2) is 87.8 Å². The van der Waals surface area contributed by atoms with Gasteiger partial charge in [-0.1, -0.05) is 47.7 Å². The normalized spacial score (nSPS) is 14.5. The second-order valence-corrected chi connectivity index (χ2v) is 10.6. The predicted octanol–water partition coefficient (Wildman–Crippen LogP) is 4.79. The van der Waals surface area contributed by atoms with Crippen molar-refractivity contribution in [2.45, 2.75) is 33.4 Å². The van der Waals surface area contributed by atoms with Crippen molar-refractivity contribution in [1.29, 1.82) is 5.26 Å². The number of rotatable bonds is 9. The summed E-state index contributed by atoms with van der Waals surface area (Å²) in [4.78, 5) is 31.9. The molecule has 0 aliphatic carbocycles. The van der Waals surface area contributed by atoms with Crippen LogP contribution in [0.25, 0.3) is 6.08 Å². The van der Waals surface area contributed by atoms with Crippen LogP contribution in [0.3, 0.4) is 0 Å². The zero-order valence-corrected chi connectivity index (χ0v) is 24.6. The lowest BCUT2D eigenvalue weighted by atomic mass is 9.96. The Morgan fingerprint density at radius 2 is 1.84 bits per heavy atom. The van der Waals surface area contributed by atoms with E-state index in [-0.39, 0.29) is 24.3 Å². The number of esters is 1. The maximum Gasteiger partial charge on any atom is 0.338 e. The maximum atomic E-state index is 13.8. The summed E-state index contributed by atoms with van der Waals surface area (Å²) >= 11 is 1.19. The van der Waals surface area contributed by atoms with E-state index in [2.05, 4.69) is 11.1 Å². The van der Waals surface area contributed by atoms with Crippen LogP contribution in [0.4, 0.5) is 4.39 Å². The van der Waals surface area contributed by atoms with E-state index in [9.17, 15) is 19.2 Å². The number of nitriles is 1. The number of nitrogens with zero attached hydrogens (tertiary/aromatic N) is 3. The van der Waals surface area contributed by atoms with Crippen LogP contribution in [-0.4, -0.2) is 23.8 Å². The monoisotopic (exact) mass is 597 g/mol. The standard InChI is InChI=1S/C33H28FN3O5S/c1-4-40-27-16-21(10-15-26(27)42-19-24-9-7-6-8-23(24)18-35)17-28-31(38)37-30(22-11-13-25(34)14-12-22)29(32(39)41-5-2)20(3)36-33(37)43-28/h6-17,30H,4-5,19H2,1-3H3/b28-17-/t30-/m1/s1. The van der Waals surface area contributed by atoms with Gasteiger partial charge < -0.3 is 14.2 Å². The number of aromatic nitrogens is 1. The Kier molecular flexibility index (Phi) is 8.83. The van der Waals surface area contributed by atoms with E-state index in [0.717, 1.165) is 5.56 Å². The first-order valence-electron chi connectivity index (χ1n) is 13.7. The molecule has 4 aromatic rings. The van der Waals surface area contributed by atoms with Crippen molar-refractivity contribution < 1.29 is 23.4 Å². The van der Waals surface area contributed by atoms with E-state index in [4.69, 9.17) is 14.2 Å². The summed E-state index contributed by atoms with van der Waals surface area (Å²) in [5.41, 5.74) is 2.85. The van der Waals surface area contributed by atoms with Crippen LogP contribution in [-0.2, 0) is 16.1 Å². The molecule has 218 valence electrons. The molecule has 43 heavy (non-hydrogen) atoms. The lowest BCUT2D eigenvalue weighted by molar-refractivity contribution is -0.139. The summed E-state index contributed by atoms with van der Waals surface area (Å²) in [6, 6.07) is 19.6. The van der Waals surface area contributed by atoms with Gasteiger partial charge in [-0.2, -0.15) is 5.26 Å². The van der Waals surface area contributed by atoms with Gasteiger partial charge in [0.05, 0.1) is 46.7 Å². The molecule has 5 rings (SSSR count). The van der Waals surface area contributed by atoms with Gasteiger partial charge in [0, 0.05) is 5.56 Å². The molecule has 10 heteroatoms.